The lowest BCUT2D eigenvalue weighted by molar-refractivity contribution is -0.131. The van der Waals surface area contributed by atoms with Gasteiger partial charge in [-0.3, -0.25) is 0 Å². The lowest BCUT2D eigenvalue weighted by Crippen LogP contribution is -1.87. The van der Waals surface area contributed by atoms with Crippen LogP contribution in [0.5, 0.6) is 0 Å². The average Bonchev–Trinajstić information content (AvgIpc) is 2.08. The molecular formula is C9H8ClNO2S. The third-order valence-electron chi connectivity index (χ3n) is 1.38. The summed E-state index contributed by atoms with van der Waals surface area (Å²) in [6.07, 6.45) is 1.05. The summed E-state index contributed by atoms with van der Waals surface area (Å²) in [5.74, 6) is -0.981. The summed E-state index contributed by atoms with van der Waals surface area (Å²) >= 11 is 6.94. The number of benzene rings is 1. The van der Waals surface area contributed by atoms with Gasteiger partial charge in [0.1, 0.15) is 0 Å². The van der Waals surface area contributed by atoms with E-state index in [1.807, 2.05) is 0 Å². The SMILES string of the molecule is Nc1cc(Cl)ccc1SC=CC(=O)O. The van der Waals surface area contributed by atoms with Crippen LogP contribution in [0.2, 0.25) is 5.02 Å². The molecule has 0 saturated heterocycles. The number of carboxylic acid groups (broad SMARTS) is 1. The van der Waals surface area contributed by atoms with Crippen LogP contribution < -0.4 is 5.73 Å². The first-order chi connectivity index (χ1) is 6.59. The smallest absolute Gasteiger partial charge is 0.328 e. The second kappa shape index (κ2) is 4.93. The Balaban J connectivity index is 2.73. The Hall–Kier alpha value is -1.13. The average molecular weight is 230 g/mol. The van der Waals surface area contributed by atoms with E-state index >= 15 is 0 Å². The molecule has 3 nitrogen and oxygen atoms in total. The standard InChI is InChI=1S/C9H8ClNO2S/c10-6-1-2-8(7(11)5-6)14-4-3-9(12)13/h1-5H,11H2,(H,12,13). The van der Waals surface area contributed by atoms with Gasteiger partial charge < -0.3 is 10.8 Å². The zero-order chi connectivity index (χ0) is 10.6. The van der Waals surface area contributed by atoms with Gasteiger partial charge in [0, 0.05) is 21.7 Å². The van der Waals surface area contributed by atoms with Crippen LogP contribution in [0.1, 0.15) is 0 Å². The number of thioether (sulfide) groups is 1. The number of halogens is 1. The Labute approximate surface area is 90.6 Å². The molecule has 0 saturated carbocycles. The van der Waals surface area contributed by atoms with Crippen molar-refractivity contribution in [2.24, 2.45) is 0 Å². The molecular weight excluding hydrogens is 222 g/mol. The summed E-state index contributed by atoms with van der Waals surface area (Å²) in [7, 11) is 0. The van der Waals surface area contributed by atoms with Crippen molar-refractivity contribution < 1.29 is 9.90 Å². The van der Waals surface area contributed by atoms with Gasteiger partial charge in [-0.1, -0.05) is 23.4 Å². The van der Waals surface area contributed by atoms with Crippen molar-refractivity contribution in [2.45, 2.75) is 4.90 Å². The number of rotatable bonds is 3. The quantitative estimate of drug-likeness (QED) is 0.475. The van der Waals surface area contributed by atoms with Crippen LogP contribution in [0.25, 0.3) is 0 Å². The van der Waals surface area contributed by atoms with Crippen molar-refractivity contribution in [3.05, 3.63) is 34.7 Å². The van der Waals surface area contributed by atoms with Crippen molar-refractivity contribution in [1.82, 2.24) is 0 Å². The number of carbonyl (C=O) groups is 1. The predicted molar refractivity (Wildman–Crippen MR) is 58.5 cm³/mol. The molecule has 1 rings (SSSR count). The van der Waals surface area contributed by atoms with E-state index in [0.29, 0.717) is 10.7 Å². The summed E-state index contributed by atoms with van der Waals surface area (Å²) in [5.41, 5.74) is 6.19. The topological polar surface area (TPSA) is 63.3 Å². The van der Waals surface area contributed by atoms with E-state index in [1.54, 1.807) is 18.2 Å². The van der Waals surface area contributed by atoms with Crippen molar-refractivity contribution in [3.8, 4) is 0 Å². The van der Waals surface area contributed by atoms with E-state index in [1.165, 1.54) is 17.2 Å². The highest BCUT2D eigenvalue weighted by molar-refractivity contribution is 8.02. The summed E-state index contributed by atoms with van der Waals surface area (Å²) in [6, 6.07) is 5.07. The molecule has 0 aliphatic carbocycles. The van der Waals surface area contributed by atoms with E-state index in [0.717, 1.165) is 11.0 Å². The van der Waals surface area contributed by atoms with Crippen LogP contribution in [0.3, 0.4) is 0 Å². The number of hydrogen-bond acceptors (Lipinski definition) is 3. The van der Waals surface area contributed by atoms with Crippen LogP contribution in [-0.4, -0.2) is 11.1 Å². The summed E-state index contributed by atoms with van der Waals surface area (Å²) in [4.78, 5) is 11.0. The van der Waals surface area contributed by atoms with E-state index < -0.39 is 5.97 Å². The Kier molecular flexibility index (Phi) is 3.85. The molecule has 1 aromatic carbocycles. The summed E-state index contributed by atoms with van der Waals surface area (Å²) in [5, 5.41) is 10.4. The van der Waals surface area contributed by atoms with Gasteiger partial charge in [-0.05, 0) is 23.6 Å². The first kappa shape index (κ1) is 10.9. The number of nitrogens with two attached hydrogens (primary N) is 1. The molecule has 0 atom stereocenters. The van der Waals surface area contributed by atoms with Crippen LogP contribution >= 0.6 is 23.4 Å². The summed E-state index contributed by atoms with van der Waals surface area (Å²) in [6.45, 7) is 0. The second-order valence-corrected chi connectivity index (χ2v) is 3.83. The van der Waals surface area contributed by atoms with Gasteiger partial charge in [0.25, 0.3) is 0 Å². The van der Waals surface area contributed by atoms with Crippen LogP contribution in [0.4, 0.5) is 5.69 Å². The van der Waals surface area contributed by atoms with Gasteiger partial charge in [0.2, 0.25) is 0 Å². The third kappa shape index (κ3) is 3.32. The number of hydrogen-bond donors (Lipinski definition) is 2. The molecule has 0 aromatic heterocycles. The molecule has 0 heterocycles. The Bertz CT molecular complexity index is 379. The predicted octanol–water partition coefficient (Wildman–Crippen LogP) is 2.61. The van der Waals surface area contributed by atoms with Crippen molar-refractivity contribution in [1.29, 1.82) is 0 Å². The molecule has 0 aliphatic rings. The lowest BCUT2D eigenvalue weighted by atomic mass is 10.3. The fourth-order valence-corrected chi connectivity index (χ4v) is 1.65. The second-order valence-electron chi connectivity index (χ2n) is 2.44. The van der Waals surface area contributed by atoms with Crippen LogP contribution in [0.15, 0.2) is 34.6 Å². The van der Waals surface area contributed by atoms with Gasteiger partial charge in [-0.15, -0.1) is 0 Å². The first-order valence-electron chi connectivity index (χ1n) is 3.71. The Morgan fingerprint density at radius 1 is 1.57 bits per heavy atom. The van der Waals surface area contributed by atoms with Crippen LogP contribution in [-0.2, 0) is 4.79 Å². The van der Waals surface area contributed by atoms with E-state index in [4.69, 9.17) is 22.4 Å². The molecule has 0 fully saturated rings. The highest BCUT2D eigenvalue weighted by atomic mass is 35.5. The normalized spacial score (nSPS) is 10.6. The molecule has 1 aromatic rings. The van der Waals surface area contributed by atoms with Gasteiger partial charge in [0.15, 0.2) is 0 Å². The largest absolute Gasteiger partial charge is 0.478 e. The molecule has 5 heteroatoms. The zero-order valence-corrected chi connectivity index (χ0v) is 8.68. The molecule has 0 bridgehead atoms. The first-order valence-corrected chi connectivity index (χ1v) is 4.96. The van der Waals surface area contributed by atoms with Gasteiger partial charge in [0.05, 0.1) is 0 Å². The Morgan fingerprint density at radius 3 is 2.86 bits per heavy atom. The zero-order valence-electron chi connectivity index (χ0n) is 7.11. The maximum atomic E-state index is 10.2. The Morgan fingerprint density at radius 2 is 2.29 bits per heavy atom. The maximum absolute atomic E-state index is 10.2. The molecule has 14 heavy (non-hydrogen) atoms. The van der Waals surface area contributed by atoms with E-state index in [9.17, 15) is 4.79 Å². The fourth-order valence-electron chi connectivity index (χ4n) is 0.792. The van der Waals surface area contributed by atoms with E-state index in [2.05, 4.69) is 0 Å². The minimum Gasteiger partial charge on any atom is -0.478 e. The number of aliphatic carboxylic acids is 1. The van der Waals surface area contributed by atoms with Gasteiger partial charge in [-0.25, -0.2) is 4.79 Å². The highest BCUT2D eigenvalue weighted by Crippen LogP contribution is 2.28. The van der Waals surface area contributed by atoms with Crippen molar-refractivity contribution >= 4 is 35.0 Å². The van der Waals surface area contributed by atoms with Crippen LogP contribution in [0, 0.1) is 0 Å². The molecule has 3 N–H and O–H groups in total. The molecule has 0 spiro atoms. The molecule has 74 valence electrons. The number of carboxylic acids is 1. The third-order valence-corrected chi connectivity index (χ3v) is 2.51. The van der Waals surface area contributed by atoms with Crippen molar-refractivity contribution in [2.75, 3.05) is 5.73 Å². The van der Waals surface area contributed by atoms with Gasteiger partial charge >= 0.3 is 5.97 Å². The maximum Gasteiger partial charge on any atom is 0.328 e. The number of anilines is 1. The van der Waals surface area contributed by atoms with Gasteiger partial charge in [-0.2, -0.15) is 0 Å². The minimum atomic E-state index is -0.981. The fraction of sp³-hybridized carbons (Fsp3) is 0. The molecule has 0 amide bonds. The number of nitrogen functional groups attached to an aromatic ring is 1. The lowest BCUT2D eigenvalue weighted by Gasteiger charge is -2.01. The van der Waals surface area contributed by atoms with Crippen molar-refractivity contribution in [3.63, 3.8) is 0 Å². The minimum absolute atomic E-state index is 0.539. The highest BCUT2D eigenvalue weighted by Gasteiger charge is 1.98. The monoisotopic (exact) mass is 229 g/mol. The van der Waals surface area contributed by atoms with E-state index in [-0.39, 0.29) is 0 Å². The molecule has 0 radical (unpaired) electrons. The summed E-state index contributed by atoms with van der Waals surface area (Å²) < 4.78 is 0. The molecule has 0 aliphatic heterocycles. The molecule has 0 unspecified atom stereocenters.